The number of aliphatic hydroxyl groups excluding tert-OH is 2. The van der Waals surface area contributed by atoms with Crippen molar-refractivity contribution >= 4 is 0 Å². The van der Waals surface area contributed by atoms with E-state index in [0.29, 0.717) is 12.8 Å². The largest absolute Gasteiger partial charge is 0.393 e. The van der Waals surface area contributed by atoms with E-state index in [0.717, 1.165) is 0 Å². The third-order valence-corrected chi connectivity index (χ3v) is 3.19. The Morgan fingerprint density at radius 1 is 0.615 bits per heavy atom. The van der Waals surface area contributed by atoms with E-state index < -0.39 is 34.6 Å². The first-order chi connectivity index (χ1) is 11.5. The molecule has 0 saturated carbocycles. The van der Waals surface area contributed by atoms with Gasteiger partial charge in [-0.15, -0.1) is 0 Å². The summed E-state index contributed by atoms with van der Waals surface area (Å²) in [7, 11) is 0. The second-order valence-electron chi connectivity index (χ2n) is 9.23. The molecule has 0 aliphatic carbocycles. The van der Waals surface area contributed by atoms with Crippen LogP contribution in [0.25, 0.3) is 0 Å². The van der Waals surface area contributed by atoms with Crippen LogP contribution in [0.3, 0.4) is 0 Å². The highest BCUT2D eigenvalue weighted by Crippen LogP contribution is 2.23. The van der Waals surface area contributed by atoms with E-state index in [1.165, 1.54) is 0 Å². The quantitative estimate of drug-likeness (QED) is 0.346. The average Bonchev–Trinajstić information content (AvgIpc) is 2.39. The molecule has 0 aromatic rings. The summed E-state index contributed by atoms with van der Waals surface area (Å²) >= 11 is 0. The van der Waals surface area contributed by atoms with E-state index in [4.69, 9.17) is 19.6 Å². The van der Waals surface area contributed by atoms with Crippen LogP contribution >= 0.6 is 0 Å². The van der Waals surface area contributed by atoms with Gasteiger partial charge in [-0.05, 0) is 69.2 Å². The van der Waals surface area contributed by atoms with Crippen molar-refractivity contribution in [3.05, 3.63) is 0 Å². The van der Waals surface area contributed by atoms with Crippen LogP contribution in [-0.2, 0) is 19.6 Å². The van der Waals surface area contributed by atoms with Gasteiger partial charge in [-0.25, -0.2) is 19.6 Å². The van der Waals surface area contributed by atoms with Crippen molar-refractivity contribution in [2.45, 2.75) is 117 Å². The minimum atomic E-state index is -0.869. The second-order valence-corrected chi connectivity index (χ2v) is 9.23. The van der Waals surface area contributed by atoms with Crippen LogP contribution in [0, 0.1) is 11.8 Å². The third-order valence-electron chi connectivity index (χ3n) is 3.19. The number of aliphatic hydroxyl groups is 2. The highest BCUT2D eigenvalue weighted by Gasteiger charge is 2.29. The molecular formula is C20H38O6. The SMILES string of the molecule is CC(O)CC(C)(C)OOC(C)(C)C#CC(C)(C)OOC(C)(C)CC(C)O. The van der Waals surface area contributed by atoms with Crippen molar-refractivity contribution in [1.29, 1.82) is 0 Å². The highest BCUT2D eigenvalue weighted by atomic mass is 17.2. The third kappa shape index (κ3) is 12.6. The molecule has 6 nitrogen and oxygen atoms in total. The Hall–Kier alpha value is -0.680. The Labute approximate surface area is 159 Å². The molecule has 2 N–H and O–H groups in total. The summed E-state index contributed by atoms with van der Waals surface area (Å²) in [6.07, 6.45) is -0.0937. The van der Waals surface area contributed by atoms with Crippen molar-refractivity contribution in [3.63, 3.8) is 0 Å². The average molecular weight is 375 g/mol. The van der Waals surface area contributed by atoms with Crippen LogP contribution in [0.5, 0.6) is 0 Å². The van der Waals surface area contributed by atoms with Gasteiger partial charge in [0.15, 0.2) is 11.2 Å². The van der Waals surface area contributed by atoms with Gasteiger partial charge in [-0.3, -0.25) is 0 Å². The Bertz CT molecular complexity index is 438. The van der Waals surface area contributed by atoms with Crippen molar-refractivity contribution in [2.75, 3.05) is 0 Å². The van der Waals surface area contributed by atoms with Gasteiger partial charge < -0.3 is 10.2 Å². The summed E-state index contributed by atoms with van der Waals surface area (Å²) in [5.74, 6) is 5.98. The van der Waals surface area contributed by atoms with Gasteiger partial charge in [0.25, 0.3) is 0 Å². The molecule has 0 aromatic heterocycles. The summed E-state index contributed by atoms with van der Waals surface area (Å²) < 4.78 is 0. The lowest BCUT2D eigenvalue weighted by molar-refractivity contribution is -0.393. The van der Waals surface area contributed by atoms with E-state index in [2.05, 4.69) is 11.8 Å². The predicted octanol–water partition coefficient (Wildman–Crippen LogP) is 3.54. The molecule has 0 aromatic carbocycles. The molecule has 0 spiro atoms. The van der Waals surface area contributed by atoms with Gasteiger partial charge in [0.05, 0.1) is 12.2 Å². The summed E-state index contributed by atoms with van der Waals surface area (Å²) in [5, 5.41) is 19.0. The summed E-state index contributed by atoms with van der Waals surface area (Å²) in [5.41, 5.74) is -3.00. The van der Waals surface area contributed by atoms with Gasteiger partial charge in [-0.1, -0.05) is 11.8 Å². The zero-order valence-corrected chi connectivity index (χ0v) is 18.1. The summed E-state index contributed by atoms with van der Waals surface area (Å²) in [4.78, 5) is 21.9. The maximum Gasteiger partial charge on any atom is 0.158 e. The first-order valence-electron chi connectivity index (χ1n) is 9.09. The molecule has 0 aliphatic heterocycles. The number of rotatable bonds is 10. The van der Waals surface area contributed by atoms with Crippen LogP contribution in [0.1, 0.15) is 82.1 Å². The molecule has 0 fully saturated rings. The van der Waals surface area contributed by atoms with Crippen LogP contribution in [0.2, 0.25) is 0 Å². The molecule has 0 radical (unpaired) electrons. The Balaban J connectivity index is 4.76. The van der Waals surface area contributed by atoms with Crippen LogP contribution in [0.15, 0.2) is 0 Å². The number of hydrogen-bond donors (Lipinski definition) is 2. The van der Waals surface area contributed by atoms with E-state index >= 15 is 0 Å². The first-order valence-corrected chi connectivity index (χ1v) is 9.09. The molecule has 0 aliphatic rings. The van der Waals surface area contributed by atoms with Gasteiger partial charge in [0.1, 0.15) is 11.2 Å². The smallest absolute Gasteiger partial charge is 0.158 e. The summed E-state index contributed by atoms with van der Waals surface area (Å²) in [6.45, 7) is 17.9. The zero-order chi connectivity index (χ0) is 20.8. The minimum absolute atomic E-state index is 0.442. The fraction of sp³-hybridized carbons (Fsp3) is 0.900. The topological polar surface area (TPSA) is 77.4 Å². The molecule has 2 atom stereocenters. The van der Waals surface area contributed by atoms with Crippen molar-refractivity contribution in [3.8, 4) is 11.8 Å². The zero-order valence-electron chi connectivity index (χ0n) is 18.1. The first kappa shape index (κ1) is 25.3. The molecule has 0 rings (SSSR count). The van der Waals surface area contributed by atoms with E-state index in [9.17, 15) is 10.2 Å². The molecule has 0 amide bonds. The Kier molecular flexibility index (Phi) is 9.25. The minimum Gasteiger partial charge on any atom is -0.393 e. The van der Waals surface area contributed by atoms with Crippen LogP contribution < -0.4 is 0 Å². The maximum atomic E-state index is 9.50. The van der Waals surface area contributed by atoms with Crippen molar-refractivity contribution in [2.24, 2.45) is 0 Å². The predicted molar refractivity (Wildman–Crippen MR) is 101 cm³/mol. The molecule has 0 saturated heterocycles. The van der Waals surface area contributed by atoms with Gasteiger partial charge in [0, 0.05) is 12.8 Å². The molecule has 0 heterocycles. The molecular weight excluding hydrogens is 336 g/mol. The molecule has 26 heavy (non-hydrogen) atoms. The van der Waals surface area contributed by atoms with Crippen LogP contribution in [-0.4, -0.2) is 44.8 Å². The second kappa shape index (κ2) is 9.50. The molecule has 6 heteroatoms. The van der Waals surface area contributed by atoms with E-state index in [-0.39, 0.29) is 0 Å². The Morgan fingerprint density at radius 2 is 0.885 bits per heavy atom. The van der Waals surface area contributed by atoms with E-state index in [1.807, 2.05) is 27.7 Å². The summed E-state index contributed by atoms with van der Waals surface area (Å²) in [6, 6.07) is 0. The number of hydrogen-bond acceptors (Lipinski definition) is 6. The van der Waals surface area contributed by atoms with E-state index in [1.54, 1.807) is 41.5 Å². The van der Waals surface area contributed by atoms with Gasteiger partial charge in [-0.2, -0.15) is 0 Å². The van der Waals surface area contributed by atoms with Crippen LogP contribution in [0.4, 0.5) is 0 Å². The van der Waals surface area contributed by atoms with Crippen molar-refractivity contribution < 1.29 is 29.8 Å². The van der Waals surface area contributed by atoms with Gasteiger partial charge in [0.2, 0.25) is 0 Å². The lowest BCUT2D eigenvalue weighted by atomic mass is 10.0. The molecule has 154 valence electrons. The van der Waals surface area contributed by atoms with Crippen molar-refractivity contribution in [1.82, 2.24) is 0 Å². The fourth-order valence-electron chi connectivity index (χ4n) is 2.27. The standard InChI is InChI=1S/C20H38O6/c1-15(21)13-19(7,8)25-23-17(3,4)11-12-18(5,6)24-26-20(9,10)14-16(2)22/h15-16,21-22H,13-14H2,1-10H3. The molecule has 0 bridgehead atoms. The Morgan fingerprint density at radius 3 is 1.12 bits per heavy atom. The van der Waals surface area contributed by atoms with Gasteiger partial charge >= 0.3 is 0 Å². The monoisotopic (exact) mass is 374 g/mol. The fourth-order valence-corrected chi connectivity index (χ4v) is 2.27. The highest BCUT2D eigenvalue weighted by molar-refractivity contribution is 5.17. The normalized spacial score (nSPS) is 16.0. The lowest BCUT2D eigenvalue weighted by Gasteiger charge is -2.30. The molecule has 2 unspecified atom stereocenters. The maximum absolute atomic E-state index is 9.50. The lowest BCUT2D eigenvalue weighted by Crippen LogP contribution is -2.35.